The summed E-state index contributed by atoms with van der Waals surface area (Å²) in [7, 11) is -3.90. The van der Waals surface area contributed by atoms with E-state index in [0.29, 0.717) is 24.3 Å². The second kappa shape index (κ2) is 7.45. The molecule has 1 heterocycles. The smallest absolute Gasteiger partial charge is 0.245 e. The zero-order chi connectivity index (χ0) is 19.6. The van der Waals surface area contributed by atoms with Crippen LogP contribution in [0.25, 0.3) is 0 Å². The molecule has 3 rings (SSSR count). The molecule has 27 heavy (non-hydrogen) atoms. The molecule has 0 radical (unpaired) electrons. The van der Waals surface area contributed by atoms with Gasteiger partial charge in [0.2, 0.25) is 21.8 Å². The lowest BCUT2D eigenvalue weighted by molar-refractivity contribution is -0.118. The van der Waals surface area contributed by atoms with Gasteiger partial charge in [-0.1, -0.05) is 0 Å². The number of sulfonamides is 1. The molecule has 9 heteroatoms. The zero-order valence-corrected chi connectivity index (χ0v) is 15.3. The third-order valence-electron chi connectivity index (χ3n) is 4.13. The predicted molar refractivity (Wildman–Crippen MR) is 98.2 cm³/mol. The maximum absolute atomic E-state index is 13.0. The molecular weight excluding hydrogens is 373 g/mol. The van der Waals surface area contributed by atoms with Gasteiger partial charge < -0.3 is 10.2 Å². The number of nitrogens with one attached hydrogen (secondary N) is 2. The average molecular weight is 391 g/mol. The van der Waals surface area contributed by atoms with Gasteiger partial charge in [0, 0.05) is 24.8 Å². The highest BCUT2D eigenvalue weighted by Gasteiger charge is 2.35. The van der Waals surface area contributed by atoms with Crippen LogP contribution in [0.5, 0.6) is 0 Å². The molecule has 0 bridgehead atoms. The summed E-state index contributed by atoms with van der Waals surface area (Å²) >= 11 is 0. The third-order valence-corrected chi connectivity index (χ3v) is 5.61. The first-order valence-corrected chi connectivity index (χ1v) is 9.71. The Balaban J connectivity index is 1.71. The molecule has 2 amide bonds. The van der Waals surface area contributed by atoms with Crippen LogP contribution in [0.3, 0.4) is 0 Å². The minimum Gasteiger partial charge on any atom is -0.326 e. The fourth-order valence-electron chi connectivity index (χ4n) is 2.84. The Morgan fingerprint density at radius 2 is 1.74 bits per heavy atom. The van der Waals surface area contributed by atoms with Crippen LogP contribution in [0.2, 0.25) is 0 Å². The number of anilines is 2. The van der Waals surface area contributed by atoms with Crippen LogP contribution in [-0.2, 0) is 19.6 Å². The molecule has 0 saturated carbocycles. The Bertz CT molecular complexity index is 959. The first kappa shape index (κ1) is 19.0. The quantitative estimate of drug-likeness (QED) is 0.813. The van der Waals surface area contributed by atoms with Gasteiger partial charge in [0.1, 0.15) is 11.9 Å². The molecule has 1 fully saturated rings. The lowest BCUT2D eigenvalue weighted by atomic mass is 10.3. The molecule has 1 atom stereocenters. The van der Waals surface area contributed by atoms with E-state index in [9.17, 15) is 22.4 Å². The van der Waals surface area contributed by atoms with Crippen LogP contribution < -0.4 is 14.9 Å². The Hall–Kier alpha value is -2.78. The van der Waals surface area contributed by atoms with Crippen molar-refractivity contribution in [2.24, 2.45) is 0 Å². The van der Waals surface area contributed by atoms with Crippen LogP contribution >= 0.6 is 0 Å². The van der Waals surface area contributed by atoms with Crippen molar-refractivity contribution in [1.82, 2.24) is 4.72 Å². The van der Waals surface area contributed by atoms with Gasteiger partial charge >= 0.3 is 0 Å². The summed E-state index contributed by atoms with van der Waals surface area (Å²) < 4.78 is 40.5. The highest BCUT2D eigenvalue weighted by Crippen LogP contribution is 2.23. The van der Waals surface area contributed by atoms with Crippen LogP contribution in [0.4, 0.5) is 15.8 Å². The van der Waals surface area contributed by atoms with Crippen LogP contribution in [0.15, 0.2) is 53.4 Å². The summed E-state index contributed by atoms with van der Waals surface area (Å²) in [6.07, 6.45) is 0.305. The van der Waals surface area contributed by atoms with E-state index in [1.165, 1.54) is 60.4 Å². The number of carbonyl (C=O) groups excluding carboxylic acids is 2. The van der Waals surface area contributed by atoms with E-state index in [-0.39, 0.29) is 16.7 Å². The van der Waals surface area contributed by atoms with Gasteiger partial charge in [0.15, 0.2) is 0 Å². The fourth-order valence-corrected chi connectivity index (χ4v) is 4.07. The van der Waals surface area contributed by atoms with E-state index >= 15 is 0 Å². The summed E-state index contributed by atoms with van der Waals surface area (Å²) in [4.78, 5) is 25.0. The molecule has 2 N–H and O–H groups in total. The molecule has 2 aromatic carbocycles. The molecule has 7 nitrogen and oxygen atoms in total. The van der Waals surface area contributed by atoms with Crippen molar-refractivity contribution >= 4 is 33.2 Å². The maximum atomic E-state index is 13.0. The van der Waals surface area contributed by atoms with Gasteiger partial charge in [-0.3, -0.25) is 9.59 Å². The highest BCUT2D eigenvalue weighted by atomic mass is 32.2. The minimum absolute atomic E-state index is 0.00960. The number of hydrogen-bond acceptors (Lipinski definition) is 4. The Kier molecular flexibility index (Phi) is 5.24. The number of amides is 2. The summed E-state index contributed by atoms with van der Waals surface area (Å²) in [6, 6.07) is 10.2. The van der Waals surface area contributed by atoms with Gasteiger partial charge in [-0.15, -0.1) is 0 Å². The van der Waals surface area contributed by atoms with Gasteiger partial charge in [0.25, 0.3) is 0 Å². The maximum Gasteiger partial charge on any atom is 0.245 e. The lowest BCUT2D eigenvalue weighted by Crippen LogP contribution is -2.41. The third kappa shape index (κ3) is 4.32. The van der Waals surface area contributed by atoms with Gasteiger partial charge in [-0.2, -0.15) is 4.72 Å². The normalized spacial score (nSPS) is 17.2. The van der Waals surface area contributed by atoms with Crippen molar-refractivity contribution in [2.75, 3.05) is 16.8 Å². The van der Waals surface area contributed by atoms with Crippen LogP contribution in [0.1, 0.15) is 13.3 Å². The molecule has 0 spiro atoms. The van der Waals surface area contributed by atoms with Crippen molar-refractivity contribution in [2.45, 2.75) is 24.3 Å². The van der Waals surface area contributed by atoms with Crippen LogP contribution in [-0.4, -0.2) is 32.8 Å². The molecule has 0 aromatic heterocycles. The standard InChI is InChI=1S/C18H18FN3O4S/c1-12(23)20-14-4-8-16(9-5-14)27(25,26)21-17-10-11-22(18(17)24)15-6-2-13(19)3-7-15/h2-9,17,21H,10-11H2,1H3,(H,20,23)/t17-/m0/s1. The minimum atomic E-state index is -3.90. The van der Waals surface area contributed by atoms with E-state index in [0.717, 1.165) is 0 Å². The monoisotopic (exact) mass is 391 g/mol. The van der Waals surface area contributed by atoms with Crippen molar-refractivity contribution in [3.8, 4) is 0 Å². The number of nitrogens with zero attached hydrogens (tertiary/aromatic N) is 1. The molecule has 1 aliphatic heterocycles. The molecule has 2 aromatic rings. The van der Waals surface area contributed by atoms with E-state index in [1.807, 2.05) is 0 Å². The van der Waals surface area contributed by atoms with Gasteiger partial charge in [-0.05, 0) is 55.0 Å². The van der Waals surface area contributed by atoms with E-state index in [2.05, 4.69) is 10.0 Å². The molecule has 1 aliphatic rings. The van der Waals surface area contributed by atoms with Crippen molar-refractivity contribution in [1.29, 1.82) is 0 Å². The molecular formula is C18H18FN3O4S. The Labute approximate surface area is 156 Å². The summed E-state index contributed by atoms with van der Waals surface area (Å²) in [5, 5.41) is 2.55. The number of halogens is 1. The molecule has 1 saturated heterocycles. The topological polar surface area (TPSA) is 95.6 Å². The second-order valence-corrected chi connectivity index (χ2v) is 7.85. The van der Waals surface area contributed by atoms with E-state index < -0.39 is 21.9 Å². The zero-order valence-electron chi connectivity index (χ0n) is 14.5. The van der Waals surface area contributed by atoms with E-state index in [1.54, 1.807) is 0 Å². The number of hydrogen-bond donors (Lipinski definition) is 2. The summed E-state index contributed by atoms with van der Waals surface area (Å²) in [5.74, 6) is -1.06. The highest BCUT2D eigenvalue weighted by molar-refractivity contribution is 7.89. The van der Waals surface area contributed by atoms with Crippen LogP contribution in [0, 0.1) is 5.82 Å². The van der Waals surface area contributed by atoms with Gasteiger partial charge in [0.05, 0.1) is 4.90 Å². The van der Waals surface area contributed by atoms with Crippen molar-refractivity contribution in [3.63, 3.8) is 0 Å². The van der Waals surface area contributed by atoms with Gasteiger partial charge in [-0.25, -0.2) is 12.8 Å². The fraction of sp³-hybridized carbons (Fsp3) is 0.222. The number of carbonyl (C=O) groups is 2. The first-order valence-electron chi connectivity index (χ1n) is 8.23. The van der Waals surface area contributed by atoms with E-state index in [4.69, 9.17) is 0 Å². The number of rotatable bonds is 5. The predicted octanol–water partition coefficient (Wildman–Crippen LogP) is 1.87. The molecule has 0 aliphatic carbocycles. The summed E-state index contributed by atoms with van der Waals surface area (Å²) in [5.41, 5.74) is 0.989. The molecule has 142 valence electrons. The van der Waals surface area contributed by atoms with Crippen molar-refractivity contribution in [3.05, 3.63) is 54.3 Å². The lowest BCUT2D eigenvalue weighted by Gasteiger charge is -2.17. The number of benzene rings is 2. The first-order chi connectivity index (χ1) is 12.8. The summed E-state index contributed by atoms with van der Waals surface area (Å²) in [6.45, 7) is 1.68. The second-order valence-electron chi connectivity index (χ2n) is 6.13. The SMILES string of the molecule is CC(=O)Nc1ccc(S(=O)(=O)N[C@H]2CCN(c3ccc(F)cc3)C2=O)cc1. The van der Waals surface area contributed by atoms with Crippen molar-refractivity contribution < 1.29 is 22.4 Å². The largest absolute Gasteiger partial charge is 0.326 e. The average Bonchev–Trinajstić information content (AvgIpc) is 2.96. The Morgan fingerprint density at radius 3 is 2.33 bits per heavy atom. The Morgan fingerprint density at radius 1 is 1.11 bits per heavy atom. The molecule has 0 unspecified atom stereocenters.